The summed E-state index contributed by atoms with van der Waals surface area (Å²) >= 11 is 0.774. The first-order chi connectivity index (χ1) is 13.3. The van der Waals surface area contributed by atoms with E-state index in [1.54, 1.807) is 6.92 Å². The molecule has 0 saturated heterocycles. The number of amides is 1. The Bertz CT molecular complexity index is 1030. The smallest absolute Gasteiger partial charge is 0.342 e. The Labute approximate surface area is 160 Å². The van der Waals surface area contributed by atoms with E-state index in [0.29, 0.717) is 0 Å². The predicted octanol–water partition coefficient (Wildman–Crippen LogP) is -0.287. The second-order valence-corrected chi connectivity index (χ2v) is 5.93. The number of hydrogen-bond donors (Lipinski definition) is 4. The third kappa shape index (κ3) is 5.41. The summed E-state index contributed by atoms with van der Waals surface area (Å²) in [6.45, 7) is 1.82. The van der Waals surface area contributed by atoms with Gasteiger partial charge in [0, 0.05) is 11.6 Å². The summed E-state index contributed by atoms with van der Waals surface area (Å²) in [7, 11) is 0. The zero-order valence-electron chi connectivity index (χ0n) is 14.3. The van der Waals surface area contributed by atoms with Gasteiger partial charge in [0.2, 0.25) is 11.7 Å². The van der Waals surface area contributed by atoms with Crippen molar-refractivity contribution < 1.29 is 19.6 Å². The van der Waals surface area contributed by atoms with Crippen LogP contribution < -0.4 is 21.4 Å². The van der Waals surface area contributed by atoms with Crippen LogP contribution in [0, 0.1) is 10.1 Å². The lowest BCUT2D eigenvalue weighted by Crippen LogP contribution is -2.26. The van der Waals surface area contributed by atoms with E-state index in [-0.39, 0.29) is 28.7 Å². The maximum atomic E-state index is 11.8. The summed E-state index contributed by atoms with van der Waals surface area (Å²) in [5, 5.41) is 29.9. The van der Waals surface area contributed by atoms with E-state index < -0.39 is 33.5 Å². The zero-order valence-corrected chi connectivity index (χ0v) is 15.1. The summed E-state index contributed by atoms with van der Waals surface area (Å²) in [5.74, 6) is -1.52. The van der Waals surface area contributed by atoms with Crippen molar-refractivity contribution in [1.29, 1.82) is 0 Å². The second-order valence-electron chi connectivity index (χ2n) is 4.97. The van der Waals surface area contributed by atoms with Crippen molar-refractivity contribution in [3.63, 3.8) is 0 Å². The van der Waals surface area contributed by atoms with Gasteiger partial charge in [-0.15, -0.1) is 0 Å². The number of benzene rings is 1. The number of rotatable bonds is 8. The first-order valence-electron chi connectivity index (χ1n) is 7.59. The Balaban J connectivity index is 2.03. The average Bonchev–Trinajstić information content (AvgIpc) is 2.63. The molecular weight excluding hydrogens is 396 g/mol. The Morgan fingerprint density at radius 2 is 2.25 bits per heavy atom. The topological polar surface area (TPSA) is 193 Å². The highest BCUT2D eigenvalue weighted by Crippen LogP contribution is 2.36. The van der Waals surface area contributed by atoms with Crippen LogP contribution in [0.2, 0.25) is 0 Å². The van der Waals surface area contributed by atoms with Gasteiger partial charge in [0.05, 0.1) is 23.5 Å². The molecule has 0 spiro atoms. The number of aromatic nitrogens is 3. The Morgan fingerprint density at radius 1 is 1.50 bits per heavy atom. The fraction of sp³-hybridized carbons (Fsp3) is 0.214. The van der Waals surface area contributed by atoms with E-state index in [0.717, 1.165) is 24.0 Å². The first kappa shape index (κ1) is 20.6. The van der Waals surface area contributed by atoms with E-state index in [9.17, 15) is 29.6 Å². The van der Waals surface area contributed by atoms with Crippen LogP contribution in [0.25, 0.3) is 0 Å². The Kier molecular flexibility index (Phi) is 6.86. The lowest BCUT2D eigenvalue weighted by atomic mass is 10.2. The number of H-pyrrole nitrogens is 2. The number of ether oxygens (including phenoxy) is 1. The van der Waals surface area contributed by atoms with Crippen LogP contribution >= 0.6 is 11.8 Å². The lowest BCUT2D eigenvalue weighted by Gasteiger charge is -2.07. The molecule has 0 bridgehead atoms. The molecule has 4 N–H and O–H groups in total. The number of aromatic amines is 2. The van der Waals surface area contributed by atoms with Crippen molar-refractivity contribution in [2.24, 2.45) is 5.10 Å². The maximum Gasteiger partial charge on any atom is 0.342 e. The summed E-state index contributed by atoms with van der Waals surface area (Å²) in [4.78, 5) is 46.2. The third-order valence-electron chi connectivity index (χ3n) is 3.00. The summed E-state index contributed by atoms with van der Waals surface area (Å²) in [5.41, 5.74) is 0.310. The van der Waals surface area contributed by atoms with Crippen molar-refractivity contribution in [3.8, 4) is 11.5 Å². The van der Waals surface area contributed by atoms with Crippen LogP contribution in [0.3, 0.4) is 0 Å². The SMILES string of the molecule is CCOc1cc(/C=N/NC(=O)CSc2n[nH]c(=O)[nH]c2=O)cc([N+](=O)[O-])c1O. The maximum absolute atomic E-state index is 11.8. The van der Waals surface area contributed by atoms with Gasteiger partial charge in [0.25, 0.3) is 5.56 Å². The number of nitro groups is 1. The number of hydrazone groups is 1. The molecule has 0 aliphatic carbocycles. The molecule has 28 heavy (non-hydrogen) atoms. The van der Waals surface area contributed by atoms with Gasteiger partial charge in [-0.3, -0.25) is 24.7 Å². The molecule has 0 saturated carbocycles. The van der Waals surface area contributed by atoms with Crippen molar-refractivity contribution in [3.05, 3.63) is 48.6 Å². The molecule has 0 aliphatic heterocycles. The third-order valence-corrected chi connectivity index (χ3v) is 3.95. The molecule has 1 heterocycles. The minimum absolute atomic E-state index is 0.0941. The number of nitrogens with zero attached hydrogens (tertiary/aromatic N) is 3. The molecule has 0 fully saturated rings. The molecule has 2 rings (SSSR count). The molecular formula is C14H14N6O7S. The van der Waals surface area contributed by atoms with Crippen molar-refractivity contribution in [2.75, 3.05) is 12.4 Å². The molecule has 0 atom stereocenters. The molecule has 0 radical (unpaired) electrons. The monoisotopic (exact) mass is 410 g/mol. The van der Waals surface area contributed by atoms with E-state index in [1.165, 1.54) is 6.07 Å². The molecule has 2 aromatic rings. The number of phenols is 1. The Morgan fingerprint density at radius 3 is 2.89 bits per heavy atom. The number of hydrogen-bond acceptors (Lipinski definition) is 10. The van der Waals surface area contributed by atoms with Gasteiger partial charge in [-0.1, -0.05) is 11.8 Å². The van der Waals surface area contributed by atoms with Crippen molar-refractivity contribution in [2.45, 2.75) is 11.9 Å². The second kappa shape index (κ2) is 9.31. The molecule has 0 unspecified atom stereocenters. The number of aromatic hydroxyl groups is 1. The minimum Gasteiger partial charge on any atom is -0.500 e. The minimum atomic E-state index is -0.779. The first-order valence-corrected chi connectivity index (χ1v) is 8.58. The van der Waals surface area contributed by atoms with E-state index in [2.05, 4.69) is 15.6 Å². The van der Waals surface area contributed by atoms with Crippen LogP contribution in [-0.2, 0) is 4.79 Å². The van der Waals surface area contributed by atoms with Crippen LogP contribution in [-0.4, -0.2) is 49.7 Å². The van der Waals surface area contributed by atoms with E-state index in [1.807, 2.05) is 10.1 Å². The highest BCUT2D eigenvalue weighted by atomic mass is 32.2. The quantitative estimate of drug-likeness (QED) is 0.196. The molecule has 0 aliphatic rings. The van der Waals surface area contributed by atoms with Crippen LogP contribution in [0.4, 0.5) is 5.69 Å². The van der Waals surface area contributed by atoms with Crippen LogP contribution in [0.1, 0.15) is 12.5 Å². The highest BCUT2D eigenvalue weighted by Gasteiger charge is 2.19. The molecule has 1 aromatic carbocycles. The largest absolute Gasteiger partial charge is 0.500 e. The van der Waals surface area contributed by atoms with Gasteiger partial charge in [-0.25, -0.2) is 15.3 Å². The molecule has 13 nitrogen and oxygen atoms in total. The normalized spacial score (nSPS) is 10.8. The van der Waals surface area contributed by atoms with Crippen molar-refractivity contribution >= 4 is 29.6 Å². The lowest BCUT2D eigenvalue weighted by molar-refractivity contribution is -0.386. The standard InChI is InChI=1S/C14H14N6O7S/c1-2-27-9-4-7(3-8(11(9)22)20(25)26)5-15-17-10(21)6-28-13-12(23)16-14(24)19-18-13/h3-5,22H,2,6H2,1H3,(H,17,21)(H2,16,19,23,24)/b15-5+. The number of thioether (sulfide) groups is 1. The molecule has 1 aromatic heterocycles. The highest BCUT2D eigenvalue weighted by molar-refractivity contribution is 7.99. The van der Waals surface area contributed by atoms with Crippen LogP contribution in [0.15, 0.2) is 31.8 Å². The summed E-state index contributed by atoms with van der Waals surface area (Å²) in [6.07, 6.45) is 1.13. The van der Waals surface area contributed by atoms with E-state index >= 15 is 0 Å². The number of phenolic OH excluding ortho intramolecular Hbond substituents is 1. The fourth-order valence-corrected chi connectivity index (χ4v) is 2.50. The molecule has 148 valence electrons. The number of carbonyl (C=O) groups excluding carboxylic acids is 1. The number of carbonyl (C=O) groups is 1. The van der Waals surface area contributed by atoms with Gasteiger partial charge in [0.1, 0.15) is 0 Å². The van der Waals surface area contributed by atoms with Gasteiger partial charge >= 0.3 is 11.4 Å². The van der Waals surface area contributed by atoms with Gasteiger partial charge in [-0.05, 0) is 13.0 Å². The number of nitro benzene ring substituents is 1. The average molecular weight is 410 g/mol. The fourth-order valence-electron chi connectivity index (χ4n) is 1.87. The van der Waals surface area contributed by atoms with E-state index in [4.69, 9.17) is 4.74 Å². The van der Waals surface area contributed by atoms with Crippen LogP contribution in [0.5, 0.6) is 11.5 Å². The zero-order chi connectivity index (χ0) is 20.7. The molecule has 14 heteroatoms. The summed E-state index contributed by atoms with van der Waals surface area (Å²) in [6, 6.07) is 2.38. The van der Waals surface area contributed by atoms with Gasteiger partial charge < -0.3 is 9.84 Å². The van der Waals surface area contributed by atoms with Gasteiger partial charge in [0.15, 0.2) is 10.8 Å². The van der Waals surface area contributed by atoms with Gasteiger partial charge in [-0.2, -0.15) is 10.2 Å². The Hall–Kier alpha value is -3.68. The number of nitrogens with one attached hydrogen (secondary N) is 3. The predicted molar refractivity (Wildman–Crippen MR) is 97.9 cm³/mol. The van der Waals surface area contributed by atoms with Crippen molar-refractivity contribution in [1.82, 2.24) is 20.6 Å². The molecule has 1 amide bonds. The summed E-state index contributed by atoms with van der Waals surface area (Å²) < 4.78 is 5.13.